The average Bonchev–Trinajstić information content (AvgIpc) is 3.39. The summed E-state index contributed by atoms with van der Waals surface area (Å²) in [4.78, 5) is 25.5. The fraction of sp³-hybridized carbons (Fsp3) is 0.579. The van der Waals surface area contributed by atoms with Gasteiger partial charge in [0.15, 0.2) is 0 Å². The minimum atomic E-state index is -0.648. The van der Waals surface area contributed by atoms with E-state index < -0.39 is 5.41 Å². The van der Waals surface area contributed by atoms with E-state index in [-0.39, 0.29) is 18.2 Å². The van der Waals surface area contributed by atoms with Gasteiger partial charge < -0.3 is 15.4 Å². The second-order valence-electron chi connectivity index (χ2n) is 7.16. The SMILES string of the molecule is COc1ccc(Cl)cc1NC(=O)C1(CC(=O)NC2CC2)CCCCC1. The third-order valence-electron chi connectivity index (χ3n) is 5.14. The van der Waals surface area contributed by atoms with Gasteiger partial charge in [-0.25, -0.2) is 0 Å². The van der Waals surface area contributed by atoms with E-state index in [0.717, 1.165) is 44.9 Å². The molecule has 0 atom stereocenters. The van der Waals surface area contributed by atoms with Gasteiger partial charge in [0.25, 0.3) is 0 Å². The van der Waals surface area contributed by atoms with Gasteiger partial charge >= 0.3 is 0 Å². The third kappa shape index (κ3) is 4.46. The number of amides is 2. The fourth-order valence-corrected chi connectivity index (χ4v) is 3.73. The molecule has 5 nitrogen and oxygen atoms in total. The molecule has 25 heavy (non-hydrogen) atoms. The molecule has 0 radical (unpaired) electrons. The molecular weight excluding hydrogens is 340 g/mol. The summed E-state index contributed by atoms with van der Waals surface area (Å²) in [6, 6.07) is 5.43. The van der Waals surface area contributed by atoms with Crippen molar-refractivity contribution in [1.29, 1.82) is 0 Å². The largest absolute Gasteiger partial charge is 0.495 e. The Hall–Kier alpha value is -1.75. The molecule has 0 aliphatic heterocycles. The first-order valence-corrected chi connectivity index (χ1v) is 9.34. The van der Waals surface area contributed by atoms with Crippen LogP contribution in [0.5, 0.6) is 5.75 Å². The molecule has 6 heteroatoms. The van der Waals surface area contributed by atoms with Crippen LogP contribution in [0.3, 0.4) is 0 Å². The molecule has 0 aromatic heterocycles. The third-order valence-corrected chi connectivity index (χ3v) is 5.38. The average molecular weight is 365 g/mol. The Morgan fingerprint density at radius 3 is 2.60 bits per heavy atom. The van der Waals surface area contributed by atoms with Crippen LogP contribution in [0.1, 0.15) is 51.4 Å². The van der Waals surface area contributed by atoms with Gasteiger partial charge in [-0.05, 0) is 43.9 Å². The highest BCUT2D eigenvalue weighted by Gasteiger charge is 2.42. The Morgan fingerprint density at radius 1 is 1.24 bits per heavy atom. The zero-order valence-electron chi connectivity index (χ0n) is 14.6. The zero-order valence-corrected chi connectivity index (χ0v) is 15.3. The molecule has 2 amide bonds. The van der Waals surface area contributed by atoms with Gasteiger partial charge in [0.1, 0.15) is 5.75 Å². The lowest BCUT2D eigenvalue weighted by atomic mass is 9.70. The van der Waals surface area contributed by atoms with Gasteiger partial charge in [0, 0.05) is 17.5 Å². The highest BCUT2D eigenvalue weighted by Crippen LogP contribution is 2.41. The summed E-state index contributed by atoms with van der Waals surface area (Å²) in [7, 11) is 1.55. The van der Waals surface area contributed by atoms with Crippen LogP contribution in [0.2, 0.25) is 5.02 Å². The van der Waals surface area contributed by atoms with Crippen LogP contribution in [0.15, 0.2) is 18.2 Å². The van der Waals surface area contributed by atoms with Gasteiger partial charge in [0.05, 0.1) is 18.2 Å². The van der Waals surface area contributed by atoms with Crippen molar-refractivity contribution in [2.75, 3.05) is 12.4 Å². The lowest BCUT2D eigenvalue weighted by Crippen LogP contribution is -2.42. The van der Waals surface area contributed by atoms with Crippen LogP contribution < -0.4 is 15.4 Å². The van der Waals surface area contributed by atoms with Crippen molar-refractivity contribution in [3.8, 4) is 5.75 Å². The highest BCUT2D eigenvalue weighted by molar-refractivity contribution is 6.31. The monoisotopic (exact) mass is 364 g/mol. The molecule has 0 unspecified atom stereocenters. The summed E-state index contributed by atoms with van der Waals surface area (Å²) in [5.74, 6) is 0.433. The predicted molar refractivity (Wildman–Crippen MR) is 97.9 cm³/mol. The minimum absolute atomic E-state index is 0.0161. The van der Waals surface area contributed by atoms with E-state index >= 15 is 0 Å². The first-order chi connectivity index (χ1) is 12.0. The summed E-state index contributed by atoms with van der Waals surface area (Å²) in [5, 5.41) is 6.50. The number of halogens is 1. The summed E-state index contributed by atoms with van der Waals surface area (Å²) in [6.07, 6.45) is 6.86. The van der Waals surface area contributed by atoms with E-state index in [1.54, 1.807) is 25.3 Å². The maximum absolute atomic E-state index is 13.1. The number of hydrogen-bond acceptors (Lipinski definition) is 3. The maximum atomic E-state index is 13.1. The van der Waals surface area contributed by atoms with Crippen molar-refractivity contribution in [3.05, 3.63) is 23.2 Å². The molecule has 1 aromatic carbocycles. The van der Waals surface area contributed by atoms with Gasteiger partial charge in [-0.1, -0.05) is 30.9 Å². The highest BCUT2D eigenvalue weighted by atomic mass is 35.5. The van der Waals surface area contributed by atoms with Crippen molar-refractivity contribution in [2.45, 2.75) is 57.4 Å². The van der Waals surface area contributed by atoms with Crippen LogP contribution in [0.25, 0.3) is 0 Å². The van der Waals surface area contributed by atoms with E-state index in [9.17, 15) is 9.59 Å². The van der Waals surface area contributed by atoms with E-state index in [2.05, 4.69) is 10.6 Å². The first-order valence-electron chi connectivity index (χ1n) is 8.97. The van der Waals surface area contributed by atoms with Crippen molar-refractivity contribution in [2.24, 2.45) is 5.41 Å². The van der Waals surface area contributed by atoms with Gasteiger partial charge in [-0.15, -0.1) is 0 Å². The number of anilines is 1. The Bertz CT molecular complexity index is 652. The standard InChI is InChI=1S/C19H25ClN2O3/c1-25-16-8-5-13(20)11-15(16)22-18(24)19(9-3-2-4-10-19)12-17(23)21-14-6-7-14/h5,8,11,14H,2-4,6-7,9-10,12H2,1H3,(H,21,23)(H,22,24). The van der Waals surface area contributed by atoms with Crippen molar-refractivity contribution < 1.29 is 14.3 Å². The molecular formula is C19H25ClN2O3. The summed E-state index contributed by atoms with van der Waals surface area (Å²) < 4.78 is 5.31. The van der Waals surface area contributed by atoms with Crippen molar-refractivity contribution in [3.63, 3.8) is 0 Å². The molecule has 2 fully saturated rings. The van der Waals surface area contributed by atoms with Crippen LogP contribution in [0.4, 0.5) is 5.69 Å². The molecule has 136 valence electrons. The first kappa shape index (κ1) is 18.1. The number of carbonyl (C=O) groups is 2. The fourth-order valence-electron chi connectivity index (χ4n) is 3.56. The Morgan fingerprint density at radius 2 is 1.96 bits per heavy atom. The minimum Gasteiger partial charge on any atom is -0.495 e. The summed E-state index contributed by atoms with van der Waals surface area (Å²) >= 11 is 6.06. The van der Waals surface area contributed by atoms with Crippen LogP contribution in [-0.4, -0.2) is 25.0 Å². The second kappa shape index (κ2) is 7.65. The maximum Gasteiger partial charge on any atom is 0.231 e. The summed E-state index contributed by atoms with van der Waals surface area (Å²) in [5.41, 5.74) is -0.0996. The summed E-state index contributed by atoms with van der Waals surface area (Å²) in [6.45, 7) is 0. The van der Waals surface area contributed by atoms with Crippen LogP contribution in [0, 0.1) is 5.41 Å². The van der Waals surface area contributed by atoms with Crippen molar-refractivity contribution in [1.82, 2.24) is 5.32 Å². The Labute approximate surface area is 153 Å². The number of ether oxygens (including phenoxy) is 1. The van der Waals surface area contributed by atoms with Crippen LogP contribution in [-0.2, 0) is 9.59 Å². The molecule has 2 aliphatic carbocycles. The number of carbonyl (C=O) groups excluding carboxylic acids is 2. The molecule has 0 heterocycles. The van der Waals surface area contributed by atoms with Gasteiger partial charge in [0.2, 0.25) is 11.8 Å². The lowest BCUT2D eigenvalue weighted by molar-refractivity contribution is -0.134. The van der Waals surface area contributed by atoms with Gasteiger partial charge in [-0.2, -0.15) is 0 Å². The molecule has 0 spiro atoms. The Balaban J connectivity index is 1.76. The predicted octanol–water partition coefficient (Wildman–Crippen LogP) is 3.91. The molecule has 1 aromatic rings. The normalized spacial score (nSPS) is 19.1. The molecule has 2 N–H and O–H groups in total. The second-order valence-corrected chi connectivity index (χ2v) is 7.59. The smallest absolute Gasteiger partial charge is 0.231 e. The van der Waals surface area contributed by atoms with E-state index in [1.807, 2.05) is 0 Å². The quantitative estimate of drug-likeness (QED) is 0.804. The van der Waals surface area contributed by atoms with Crippen LogP contribution >= 0.6 is 11.6 Å². The van der Waals surface area contributed by atoms with E-state index in [0.29, 0.717) is 22.5 Å². The molecule has 0 saturated heterocycles. The van der Waals surface area contributed by atoms with Gasteiger partial charge in [-0.3, -0.25) is 9.59 Å². The number of rotatable bonds is 6. The number of benzene rings is 1. The van der Waals surface area contributed by atoms with Crippen molar-refractivity contribution >= 4 is 29.1 Å². The number of nitrogens with one attached hydrogen (secondary N) is 2. The topological polar surface area (TPSA) is 67.4 Å². The molecule has 3 rings (SSSR count). The molecule has 2 aliphatic rings. The van der Waals surface area contributed by atoms with E-state index in [1.165, 1.54) is 0 Å². The van der Waals surface area contributed by atoms with E-state index in [4.69, 9.17) is 16.3 Å². The molecule has 2 saturated carbocycles. The number of hydrogen-bond donors (Lipinski definition) is 2. The zero-order chi connectivity index (χ0) is 17.9. The lowest BCUT2D eigenvalue weighted by Gasteiger charge is -2.35. The molecule has 0 bridgehead atoms. The Kier molecular flexibility index (Phi) is 5.52. The number of methoxy groups -OCH3 is 1.